The van der Waals surface area contributed by atoms with E-state index in [0.29, 0.717) is 6.61 Å². The molecule has 17 heavy (non-hydrogen) atoms. The molecule has 5 heteroatoms. The third-order valence-electron chi connectivity index (χ3n) is 2.63. The van der Waals surface area contributed by atoms with Crippen LogP contribution in [0.4, 0.5) is 13.2 Å². The first-order chi connectivity index (χ1) is 8.04. The summed E-state index contributed by atoms with van der Waals surface area (Å²) in [5.41, 5.74) is 1.92. The van der Waals surface area contributed by atoms with Crippen LogP contribution in [0.5, 0.6) is 5.75 Å². The van der Waals surface area contributed by atoms with Crippen LogP contribution < -0.4 is 4.74 Å². The fraction of sp³-hybridized carbons (Fsp3) is 0.500. The molecule has 0 radical (unpaired) electrons. The number of benzene rings is 1. The van der Waals surface area contributed by atoms with Gasteiger partial charge in [-0.15, -0.1) is 13.2 Å². The highest BCUT2D eigenvalue weighted by Crippen LogP contribution is 2.26. The second kappa shape index (κ2) is 4.96. The van der Waals surface area contributed by atoms with E-state index in [1.807, 2.05) is 12.1 Å². The number of halogens is 3. The zero-order valence-electron chi connectivity index (χ0n) is 9.22. The first-order valence-electron chi connectivity index (χ1n) is 5.50. The van der Waals surface area contributed by atoms with Gasteiger partial charge in [-0.05, 0) is 36.5 Å². The van der Waals surface area contributed by atoms with Crippen molar-refractivity contribution in [3.8, 4) is 5.75 Å². The SMILES string of the molecule is FC(F)(F)OCCc1ccc2c(c1)CCCO2. The molecule has 0 spiro atoms. The highest BCUT2D eigenvalue weighted by molar-refractivity contribution is 5.38. The fourth-order valence-corrected chi connectivity index (χ4v) is 1.85. The molecule has 0 aliphatic carbocycles. The molecule has 1 aromatic rings. The maximum Gasteiger partial charge on any atom is 0.522 e. The summed E-state index contributed by atoms with van der Waals surface area (Å²) in [5, 5.41) is 0. The molecule has 0 saturated carbocycles. The largest absolute Gasteiger partial charge is 0.522 e. The van der Waals surface area contributed by atoms with Crippen molar-refractivity contribution in [1.82, 2.24) is 0 Å². The zero-order valence-corrected chi connectivity index (χ0v) is 9.22. The standard InChI is InChI=1S/C12H13F3O2/c13-12(14,15)17-7-5-9-3-4-11-10(8-9)2-1-6-16-11/h3-4,8H,1-2,5-7H2. The molecule has 2 nitrogen and oxygen atoms in total. The zero-order chi connectivity index (χ0) is 12.3. The average Bonchev–Trinajstić information content (AvgIpc) is 2.27. The summed E-state index contributed by atoms with van der Waals surface area (Å²) in [6.07, 6.45) is -2.41. The van der Waals surface area contributed by atoms with Crippen LogP contribution in [0.25, 0.3) is 0 Å². The second-order valence-electron chi connectivity index (χ2n) is 3.94. The molecule has 0 fully saturated rings. The second-order valence-corrected chi connectivity index (χ2v) is 3.94. The van der Waals surface area contributed by atoms with Crippen molar-refractivity contribution in [1.29, 1.82) is 0 Å². The first kappa shape index (κ1) is 12.2. The summed E-state index contributed by atoms with van der Waals surface area (Å²) >= 11 is 0. The van der Waals surface area contributed by atoms with Crippen LogP contribution in [0.1, 0.15) is 17.5 Å². The summed E-state index contributed by atoms with van der Waals surface area (Å²) in [6, 6.07) is 5.50. The minimum atomic E-state index is -4.54. The molecule has 1 aliphatic heterocycles. The van der Waals surface area contributed by atoms with E-state index in [-0.39, 0.29) is 13.0 Å². The lowest BCUT2D eigenvalue weighted by atomic mass is 10.0. The summed E-state index contributed by atoms with van der Waals surface area (Å²) in [7, 11) is 0. The van der Waals surface area contributed by atoms with Crippen LogP contribution in [0.2, 0.25) is 0 Å². The number of hydrogen-bond acceptors (Lipinski definition) is 2. The Morgan fingerprint density at radius 1 is 1.29 bits per heavy atom. The van der Waals surface area contributed by atoms with E-state index in [9.17, 15) is 13.2 Å². The minimum absolute atomic E-state index is 0.257. The van der Waals surface area contributed by atoms with Gasteiger partial charge in [0, 0.05) is 0 Å². The number of aryl methyl sites for hydroxylation is 1. The van der Waals surface area contributed by atoms with E-state index >= 15 is 0 Å². The van der Waals surface area contributed by atoms with Crippen molar-refractivity contribution in [2.45, 2.75) is 25.6 Å². The molecular weight excluding hydrogens is 233 g/mol. The lowest BCUT2D eigenvalue weighted by Gasteiger charge is -2.18. The van der Waals surface area contributed by atoms with Crippen molar-refractivity contribution >= 4 is 0 Å². The van der Waals surface area contributed by atoms with Crippen LogP contribution in [-0.4, -0.2) is 19.6 Å². The molecule has 1 aromatic carbocycles. The van der Waals surface area contributed by atoms with Gasteiger partial charge in [0.25, 0.3) is 0 Å². The summed E-state index contributed by atoms with van der Waals surface area (Å²) < 4.78 is 44.5. The third kappa shape index (κ3) is 3.63. The Morgan fingerprint density at radius 3 is 2.88 bits per heavy atom. The molecule has 94 valence electrons. The summed E-state index contributed by atoms with van der Waals surface area (Å²) in [6.45, 7) is 0.368. The normalized spacial score (nSPS) is 15.2. The van der Waals surface area contributed by atoms with Gasteiger partial charge in [0.15, 0.2) is 0 Å². The van der Waals surface area contributed by atoms with Crippen LogP contribution in [0.15, 0.2) is 18.2 Å². The van der Waals surface area contributed by atoms with Gasteiger partial charge in [-0.3, -0.25) is 4.74 Å². The molecule has 0 bridgehead atoms. The van der Waals surface area contributed by atoms with Gasteiger partial charge < -0.3 is 4.74 Å². The number of hydrogen-bond donors (Lipinski definition) is 0. The van der Waals surface area contributed by atoms with Gasteiger partial charge in [-0.1, -0.05) is 12.1 Å². The Balaban J connectivity index is 1.93. The molecule has 1 aliphatic rings. The van der Waals surface area contributed by atoms with Crippen LogP contribution in [0, 0.1) is 0 Å². The Morgan fingerprint density at radius 2 is 2.12 bits per heavy atom. The predicted octanol–water partition coefficient (Wildman–Crippen LogP) is 3.09. The van der Waals surface area contributed by atoms with Crippen molar-refractivity contribution in [2.24, 2.45) is 0 Å². The monoisotopic (exact) mass is 246 g/mol. The van der Waals surface area contributed by atoms with E-state index in [4.69, 9.17) is 4.74 Å². The molecular formula is C12H13F3O2. The fourth-order valence-electron chi connectivity index (χ4n) is 1.85. The van der Waals surface area contributed by atoms with Crippen LogP contribution >= 0.6 is 0 Å². The maximum atomic E-state index is 11.8. The van der Waals surface area contributed by atoms with Gasteiger partial charge in [0.2, 0.25) is 0 Å². The van der Waals surface area contributed by atoms with Gasteiger partial charge in [-0.2, -0.15) is 0 Å². The molecule has 0 atom stereocenters. The highest BCUT2D eigenvalue weighted by atomic mass is 19.4. The Bertz CT molecular complexity index is 388. The van der Waals surface area contributed by atoms with Crippen LogP contribution in [-0.2, 0) is 17.6 Å². The topological polar surface area (TPSA) is 18.5 Å². The maximum absolute atomic E-state index is 11.8. The van der Waals surface area contributed by atoms with Gasteiger partial charge in [0.1, 0.15) is 5.75 Å². The van der Waals surface area contributed by atoms with Crippen molar-refractivity contribution in [3.05, 3.63) is 29.3 Å². The van der Waals surface area contributed by atoms with Gasteiger partial charge in [0.05, 0.1) is 13.2 Å². The smallest absolute Gasteiger partial charge is 0.493 e. The summed E-state index contributed by atoms with van der Waals surface area (Å²) in [5.74, 6) is 0.844. The van der Waals surface area contributed by atoms with Crippen molar-refractivity contribution in [2.75, 3.05) is 13.2 Å². The van der Waals surface area contributed by atoms with Crippen LogP contribution in [0.3, 0.4) is 0 Å². The summed E-state index contributed by atoms with van der Waals surface area (Å²) in [4.78, 5) is 0. The minimum Gasteiger partial charge on any atom is -0.493 e. The Labute approximate surface area is 97.3 Å². The molecule has 2 rings (SSSR count). The number of alkyl halides is 3. The highest BCUT2D eigenvalue weighted by Gasteiger charge is 2.28. The quantitative estimate of drug-likeness (QED) is 0.816. The Kier molecular flexibility index (Phi) is 3.57. The van der Waals surface area contributed by atoms with Crippen molar-refractivity contribution in [3.63, 3.8) is 0 Å². The predicted molar refractivity (Wildman–Crippen MR) is 56.0 cm³/mol. The van der Waals surface area contributed by atoms with Gasteiger partial charge >= 0.3 is 6.36 Å². The van der Waals surface area contributed by atoms with E-state index in [0.717, 1.165) is 29.7 Å². The number of ether oxygens (including phenoxy) is 2. The lowest BCUT2D eigenvalue weighted by Crippen LogP contribution is -2.15. The van der Waals surface area contributed by atoms with Gasteiger partial charge in [-0.25, -0.2) is 0 Å². The number of fused-ring (bicyclic) bond motifs is 1. The molecule has 0 aromatic heterocycles. The third-order valence-corrected chi connectivity index (χ3v) is 2.63. The molecule has 0 saturated heterocycles. The number of rotatable bonds is 3. The molecule has 0 N–H and O–H groups in total. The molecule has 0 amide bonds. The Hall–Kier alpha value is -1.23. The van der Waals surface area contributed by atoms with Crippen molar-refractivity contribution < 1.29 is 22.6 Å². The van der Waals surface area contributed by atoms with E-state index in [2.05, 4.69) is 4.74 Å². The van der Waals surface area contributed by atoms with E-state index < -0.39 is 6.36 Å². The average molecular weight is 246 g/mol. The molecule has 0 unspecified atom stereocenters. The van der Waals surface area contributed by atoms with E-state index in [1.54, 1.807) is 6.07 Å². The first-order valence-corrected chi connectivity index (χ1v) is 5.50. The molecule has 1 heterocycles. The lowest BCUT2D eigenvalue weighted by molar-refractivity contribution is -0.324. The van der Waals surface area contributed by atoms with E-state index in [1.165, 1.54) is 0 Å².